The number of aromatic nitrogens is 2. The molecular formula is C11H9FN2OS. The fraction of sp³-hybridized carbons (Fsp3) is 0.0909. The van der Waals surface area contributed by atoms with Crippen molar-refractivity contribution in [3.8, 4) is 10.6 Å². The largest absolute Gasteiger partial charge is 0.389 e. The normalized spacial score (nSPS) is 11.8. The highest BCUT2D eigenvalue weighted by atomic mass is 32.1. The van der Waals surface area contributed by atoms with Crippen molar-refractivity contribution >= 4 is 17.4 Å². The molecule has 0 amide bonds. The lowest BCUT2D eigenvalue weighted by atomic mass is 10.2. The Morgan fingerprint density at radius 2 is 2.38 bits per heavy atom. The lowest BCUT2D eigenvalue weighted by molar-refractivity contribution is 0.300. The van der Waals surface area contributed by atoms with E-state index < -0.39 is 12.4 Å². The molecule has 0 radical (unpaired) electrons. The van der Waals surface area contributed by atoms with E-state index >= 15 is 0 Å². The van der Waals surface area contributed by atoms with Crippen molar-refractivity contribution < 1.29 is 9.50 Å². The van der Waals surface area contributed by atoms with Gasteiger partial charge in [0.15, 0.2) is 0 Å². The topological polar surface area (TPSA) is 46.0 Å². The number of thiophene rings is 1. The van der Waals surface area contributed by atoms with Gasteiger partial charge >= 0.3 is 0 Å². The fourth-order valence-corrected chi connectivity index (χ4v) is 2.11. The number of halogens is 1. The van der Waals surface area contributed by atoms with E-state index in [1.54, 1.807) is 24.7 Å². The molecule has 0 spiro atoms. The Balaban J connectivity index is 2.41. The van der Waals surface area contributed by atoms with Crippen molar-refractivity contribution in [2.24, 2.45) is 0 Å². The molecule has 0 saturated carbocycles. The fourth-order valence-electron chi connectivity index (χ4n) is 1.27. The van der Waals surface area contributed by atoms with E-state index in [-0.39, 0.29) is 0 Å². The molecule has 2 aromatic heterocycles. The van der Waals surface area contributed by atoms with Crippen molar-refractivity contribution in [3.05, 3.63) is 41.4 Å². The summed E-state index contributed by atoms with van der Waals surface area (Å²) in [5, 5.41) is 10.5. The second kappa shape index (κ2) is 4.96. The van der Waals surface area contributed by atoms with Gasteiger partial charge in [0, 0.05) is 12.4 Å². The Kier molecular flexibility index (Phi) is 3.38. The third kappa shape index (κ3) is 2.32. The van der Waals surface area contributed by atoms with E-state index in [0.717, 1.165) is 4.88 Å². The smallest absolute Gasteiger partial charge is 0.126 e. The predicted octanol–water partition coefficient (Wildman–Crippen LogP) is 2.51. The summed E-state index contributed by atoms with van der Waals surface area (Å²) in [5.74, 6) is -0.566. The molecule has 2 heterocycles. The van der Waals surface area contributed by atoms with Gasteiger partial charge in [-0.1, -0.05) is 0 Å². The van der Waals surface area contributed by atoms with E-state index in [2.05, 4.69) is 9.97 Å². The van der Waals surface area contributed by atoms with Crippen LogP contribution < -0.4 is 0 Å². The highest BCUT2D eigenvalue weighted by Gasteiger charge is 2.07. The minimum absolute atomic E-state index is 0.566. The van der Waals surface area contributed by atoms with E-state index in [9.17, 15) is 4.39 Å². The second-order valence-electron chi connectivity index (χ2n) is 3.05. The Labute approximate surface area is 95.9 Å². The Morgan fingerprint density at radius 1 is 1.50 bits per heavy atom. The molecule has 2 rings (SSSR count). The Hall–Kier alpha value is -1.59. The van der Waals surface area contributed by atoms with Gasteiger partial charge in [-0.25, -0.2) is 4.39 Å². The highest BCUT2D eigenvalue weighted by Crippen LogP contribution is 2.29. The molecule has 0 atom stereocenters. The maximum absolute atomic E-state index is 13.0. The maximum atomic E-state index is 13.0. The average Bonchev–Trinajstić information content (AvgIpc) is 2.78. The van der Waals surface area contributed by atoms with Crippen molar-refractivity contribution in [3.63, 3.8) is 0 Å². The second-order valence-corrected chi connectivity index (χ2v) is 3.96. The van der Waals surface area contributed by atoms with Crippen molar-refractivity contribution in [2.75, 3.05) is 6.61 Å². The third-order valence-corrected chi connectivity index (χ3v) is 2.91. The molecule has 0 unspecified atom stereocenters. The van der Waals surface area contributed by atoms with Crippen LogP contribution in [0.15, 0.2) is 35.9 Å². The van der Waals surface area contributed by atoms with Gasteiger partial charge < -0.3 is 5.11 Å². The first-order valence-corrected chi connectivity index (χ1v) is 5.50. The summed E-state index contributed by atoms with van der Waals surface area (Å²) < 4.78 is 13.0. The monoisotopic (exact) mass is 236 g/mol. The van der Waals surface area contributed by atoms with Gasteiger partial charge in [-0.2, -0.15) is 0 Å². The zero-order chi connectivity index (χ0) is 11.4. The Bertz CT molecular complexity index is 496. The molecule has 0 aliphatic rings. The van der Waals surface area contributed by atoms with Crippen LogP contribution >= 0.6 is 11.3 Å². The first-order valence-electron chi connectivity index (χ1n) is 4.62. The number of hydrogen-bond acceptors (Lipinski definition) is 4. The average molecular weight is 236 g/mol. The maximum Gasteiger partial charge on any atom is 0.126 e. The molecule has 3 nitrogen and oxygen atoms in total. The third-order valence-electron chi connectivity index (χ3n) is 1.95. The molecule has 5 heteroatoms. The first-order chi connectivity index (χ1) is 7.81. The van der Waals surface area contributed by atoms with Crippen LogP contribution in [0.3, 0.4) is 0 Å². The molecule has 2 aromatic rings. The van der Waals surface area contributed by atoms with Crippen molar-refractivity contribution in [1.29, 1.82) is 0 Å². The summed E-state index contributed by atoms with van der Waals surface area (Å²) in [7, 11) is 0. The van der Waals surface area contributed by atoms with Crippen LogP contribution in [0.4, 0.5) is 4.39 Å². The van der Waals surface area contributed by atoms with Crippen LogP contribution in [0.5, 0.6) is 0 Å². The van der Waals surface area contributed by atoms with E-state index in [0.29, 0.717) is 11.3 Å². The van der Waals surface area contributed by atoms with Crippen LogP contribution in [0.25, 0.3) is 16.6 Å². The quantitative estimate of drug-likeness (QED) is 0.890. The van der Waals surface area contributed by atoms with Crippen LogP contribution in [0, 0.1) is 0 Å². The van der Waals surface area contributed by atoms with Crippen LogP contribution in [-0.4, -0.2) is 21.7 Å². The van der Waals surface area contributed by atoms with Crippen molar-refractivity contribution in [2.45, 2.75) is 0 Å². The van der Waals surface area contributed by atoms with Gasteiger partial charge in [0.25, 0.3) is 0 Å². The molecule has 16 heavy (non-hydrogen) atoms. The Morgan fingerprint density at radius 3 is 3.06 bits per heavy atom. The van der Waals surface area contributed by atoms with Crippen LogP contribution in [0.2, 0.25) is 0 Å². The van der Waals surface area contributed by atoms with Gasteiger partial charge in [0.05, 0.1) is 23.4 Å². The molecule has 0 bridgehead atoms. The zero-order valence-corrected chi connectivity index (χ0v) is 9.12. The zero-order valence-electron chi connectivity index (χ0n) is 8.30. The van der Waals surface area contributed by atoms with Gasteiger partial charge in [-0.15, -0.1) is 11.3 Å². The molecular weight excluding hydrogens is 227 g/mol. The number of aliphatic hydroxyl groups is 1. The number of hydrogen-bond donors (Lipinski definition) is 1. The summed E-state index contributed by atoms with van der Waals surface area (Å²) in [6, 6.07) is 1.78. The minimum Gasteiger partial charge on any atom is -0.389 e. The minimum atomic E-state index is -0.588. The van der Waals surface area contributed by atoms with Crippen LogP contribution in [0.1, 0.15) is 5.56 Å². The summed E-state index contributed by atoms with van der Waals surface area (Å²) in [4.78, 5) is 8.95. The molecule has 0 saturated heterocycles. The summed E-state index contributed by atoms with van der Waals surface area (Å²) >= 11 is 1.46. The van der Waals surface area contributed by atoms with Gasteiger partial charge in [-0.05, 0) is 23.1 Å². The van der Waals surface area contributed by atoms with Crippen LogP contribution in [-0.2, 0) is 0 Å². The summed E-state index contributed by atoms with van der Waals surface area (Å²) in [6.07, 6.45) is 6.10. The van der Waals surface area contributed by atoms with E-state index in [1.807, 2.05) is 5.38 Å². The van der Waals surface area contributed by atoms with Gasteiger partial charge in [0.2, 0.25) is 0 Å². The number of aliphatic hydroxyl groups excluding tert-OH is 1. The van der Waals surface area contributed by atoms with E-state index in [4.69, 9.17) is 5.11 Å². The molecule has 0 aliphatic carbocycles. The summed E-state index contributed by atoms with van der Waals surface area (Å²) in [5.41, 5.74) is 1.41. The number of nitrogens with zero attached hydrogens (tertiary/aromatic N) is 2. The van der Waals surface area contributed by atoms with Crippen molar-refractivity contribution in [1.82, 2.24) is 9.97 Å². The van der Waals surface area contributed by atoms with E-state index in [1.165, 1.54) is 17.4 Å². The SMILES string of the molecule is OCC(F)=Cc1ccsc1-c1cnccn1. The highest BCUT2D eigenvalue weighted by molar-refractivity contribution is 7.13. The molecule has 0 fully saturated rings. The molecule has 0 aromatic carbocycles. The summed E-state index contributed by atoms with van der Waals surface area (Å²) in [6.45, 7) is -0.588. The van der Waals surface area contributed by atoms with Gasteiger partial charge in [-0.3, -0.25) is 9.97 Å². The molecule has 0 aliphatic heterocycles. The first kappa shape index (κ1) is 10.9. The molecule has 1 N–H and O–H groups in total. The predicted molar refractivity (Wildman–Crippen MR) is 61.5 cm³/mol. The lowest BCUT2D eigenvalue weighted by Gasteiger charge is -1.98. The molecule has 82 valence electrons. The lowest BCUT2D eigenvalue weighted by Crippen LogP contribution is -1.85. The number of rotatable bonds is 3. The van der Waals surface area contributed by atoms with Gasteiger partial charge in [0.1, 0.15) is 5.83 Å². The standard InChI is InChI=1S/C11H9FN2OS/c12-9(7-15)5-8-1-4-16-11(8)10-6-13-2-3-14-10/h1-6,15H,7H2.